The fourth-order valence-electron chi connectivity index (χ4n) is 3.75. The lowest BCUT2D eigenvalue weighted by atomic mass is 10.2. The van der Waals surface area contributed by atoms with Crippen molar-refractivity contribution >= 4 is 0 Å². The Morgan fingerprint density at radius 2 is 1.88 bits per heavy atom. The molecule has 1 aliphatic rings. The van der Waals surface area contributed by atoms with Gasteiger partial charge in [0.05, 0.1) is 29.7 Å². The van der Waals surface area contributed by atoms with Crippen molar-refractivity contribution in [1.82, 2.24) is 14.7 Å². The van der Waals surface area contributed by atoms with Crippen molar-refractivity contribution in [3.63, 3.8) is 0 Å². The molecular formula is C25H30FN3O3. The molecule has 32 heavy (non-hydrogen) atoms. The monoisotopic (exact) mass is 439 g/mol. The molecular weight excluding hydrogens is 409 g/mol. The second-order valence-corrected chi connectivity index (χ2v) is 8.15. The van der Waals surface area contributed by atoms with E-state index < -0.39 is 6.10 Å². The van der Waals surface area contributed by atoms with E-state index in [4.69, 9.17) is 14.6 Å². The van der Waals surface area contributed by atoms with Crippen LogP contribution in [0.4, 0.5) is 4.39 Å². The van der Waals surface area contributed by atoms with E-state index in [1.54, 1.807) is 16.8 Å². The Kier molecular flexibility index (Phi) is 7.19. The van der Waals surface area contributed by atoms with Gasteiger partial charge in [0.25, 0.3) is 0 Å². The van der Waals surface area contributed by atoms with Crippen LogP contribution in [0.3, 0.4) is 0 Å². The first-order chi connectivity index (χ1) is 15.5. The molecule has 3 aromatic rings. The van der Waals surface area contributed by atoms with Crippen LogP contribution in [0.25, 0.3) is 5.69 Å². The van der Waals surface area contributed by atoms with Crippen LogP contribution in [-0.2, 0) is 11.3 Å². The van der Waals surface area contributed by atoms with Gasteiger partial charge < -0.3 is 14.6 Å². The zero-order valence-corrected chi connectivity index (χ0v) is 18.6. The second kappa shape index (κ2) is 10.3. The van der Waals surface area contributed by atoms with Crippen molar-refractivity contribution in [1.29, 1.82) is 0 Å². The fraction of sp³-hybridized carbons (Fsp3) is 0.400. The van der Waals surface area contributed by atoms with Crippen molar-refractivity contribution in [2.75, 3.05) is 19.8 Å². The Morgan fingerprint density at radius 3 is 2.53 bits per heavy atom. The number of benzene rings is 2. The summed E-state index contributed by atoms with van der Waals surface area (Å²) in [5, 5.41) is 15.2. The molecule has 1 fully saturated rings. The number of hydrogen-bond donors (Lipinski definition) is 1. The van der Waals surface area contributed by atoms with Crippen molar-refractivity contribution in [2.45, 2.75) is 45.4 Å². The summed E-state index contributed by atoms with van der Waals surface area (Å²) in [6, 6.07) is 16.2. The molecule has 1 atom stereocenters. The third-order valence-electron chi connectivity index (χ3n) is 5.55. The normalized spacial score (nSPS) is 14.7. The van der Waals surface area contributed by atoms with Gasteiger partial charge >= 0.3 is 0 Å². The summed E-state index contributed by atoms with van der Waals surface area (Å²) in [6.45, 7) is 5.92. The number of rotatable bonds is 11. The van der Waals surface area contributed by atoms with Gasteiger partial charge in [0.1, 0.15) is 11.6 Å². The van der Waals surface area contributed by atoms with Crippen LogP contribution in [0.5, 0.6) is 11.6 Å². The number of hydrogen-bond acceptors (Lipinski definition) is 5. The van der Waals surface area contributed by atoms with E-state index in [1.165, 1.54) is 12.1 Å². The molecule has 0 amide bonds. The number of aliphatic hydroxyl groups is 1. The summed E-state index contributed by atoms with van der Waals surface area (Å²) < 4.78 is 26.9. The Morgan fingerprint density at radius 1 is 1.16 bits per heavy atom. The lowest BCUT2D eigenvalue weighted by Crippen LogP contribution is -2.36. The molecule has 1 N–H and O–H groups in total. The van der Waals surface area contributed by atoms with Gasteiger partial charge in [0, 0.05) is 25.7 Å². The van der Waals surface area contributed by atoms with Gasteiger partial charge in [-0.25, -0.2) is 9.07 Å². The smallest absolute Gasteiger partial charge is 0.227 e. The van der Waals surface area contributed by atoms with E-state index in [0.29, 0.717) is 44.0 Å². The molecule has 1 unspecified atom stereocenters. The van der Waals surface area contributed by atoms with E-state index in [1.807, 2.05) is 44.2 Å². The van der Waals surface area contributed by atoms with E-state index in [9.17, 15) is 9.50 Å². The highest BCUT2D eigenvalue weighted by molar-refractivity contribution is 5.43. The summed E-state index contributed by atoms with van der Waals surface area (Å²) in [5.41, 5.74) is 2.69. The number of aliphatic hydroxyl groups excluding tert-OH is 1. The predicted molar refractivity (Wildman–Crippen MR) is 121 cm³/mol. The molecule has 0 saturated heterocycles. The quantitative estimate of drug-likeness (QED) is 0.478. The first kappa shape index (κ1) is 22.5. The van der Waals surface area contributed by atoms with E-state index in [0.717, 1.165) is 29.8 Å². The summed E-state index contributed by atoms with van der Waals surface area (Å²) in [5.74, 6) is 0.831. The van der Waals surface area contributed by atoms with Gasteiger partial charge in [0.15, 0.2) is 0 Å². The highest BCUT2D eigenvalue weighted by Gasteiger charge is 2.32. The first-order valence-electron chi connectivity index (χ1n) is 11.1. The van der Waals surface area contributed by atoms with E-state index in [-0.39, 0.29) is 5.82 Å². The van der Waals surface area contributed by atoms with Gasteiger partial charge in [-0.3, -0.25) is 4.90 Å². The molecule has 2 aromatic carbocycles. The Hall–Kier alpha value is -2.74. The van der Waals surface area contributed by atoms with Gasteiger partial charge in [-0.05, 0) is 63.1 Å². The van der Waals surface area contributed by atoms with Gasteiger partial charge in [-0.2, -0.15) is 5.10 Å². The summed E-state index contributed by atoms with van der Waals surface area (Å²) >= 11 is 0. The summed E-state index contributed by atoms with van der Waals surface area (Å²) in [7, 11) is 0. The molecule has 1 heterocycles. The lowest BCUT2D eigenvalue weighted by Gasteiger charge is -2.25. The van der Waals surface area contributed by atoms with E-state index >= 15 is 0 Å². The zero-order valence-electron chi connectivity index (χ0n) is 18.6. The number of ether oxygens (including phenoxy) is 2. The van der Waals surface area contributed by atoms with Crippen LogP contribution in [0.15, 0.2) is 54.6 Å². The van der Waals surface area contributed by atoms with Crippen LogP contribution in [0.2, 0.25) is 0 Å². The molecule has 0 bridgehead atoms. The summed E-state index contributed by atoms with van der Waals surface area (Å²) in [4.78, 5) is 2.28. The fourth-order valence-corrected chi connectivity index (χ4v) is 3.75. The molecule has 0 radical (unpaired) electrons. The number of nitrogens with zero attached hydrogens (tertiary/aromatic N) is 3. The molecule has 0 aliphatic heterocycles. The SMILES string of the molecule is CCOCC(O)CN(Cc1c(C)nn(-c2ccccc2)c1Oc1ccc(F)cc1)C1CC1. The van der Waals surface area contributed by atoms with Crippen molar-refractivity contribution < 1.29 is 19.0 Å². The van der Waals surface area contributed by atoms with Crippen molar-refractivity contribution in [3.05, 3.63) is 71.7 Å². The van der Waals surface area contributed by atoms with Crippen LogP contribution >= 0.6 is 0 Å². The lowest BCUT2D eigenvalue weighted by molar-refractivity contribution is 0.0177. The molecule has 1 aromatic heterocycles. The van der Waals surface area contributed by atoms with Crippen molar-refractivity contribution in [2.24, 2.45) is 0 Å². The van der Waals surface area contributed by atoms with Crippen LogP contribution in [-0.4, -0.2) is 51.7 Å². The Balaban J connectivity index is 1.65. The van der Waals surface area contributed by atoms with Gasteiger partial charge in [-0.1, -0.05) is 18.2 Å². The molecule has 170 valence electrons. The highest BCUT2D eigenvalue weighted by Crippen LogP contribution is 2.35. The number of aryl methyl sites for hydroxylation is 1. The molecule has 1 saturated carbocycles. The minimum atomic E-state index is -0.554. The standard InChI is InChI=1S/C25H30FN3O3/c1-3-31-17-22(30)15-28(20-11-12-20)16-24-18(2)27-29(21-7-5-4-6-8-21)25(24)32-23-13-9-19(26)10-14-23/h4-10,13-14,20,22,30H,3,11-12,15-17H2,1-2H3. The maximum atomic E-state index is 13.4. The molecule has 1 aliphatic carbocycles. The minimum absolute atomic E-state index is 0.312. The third kappa shape index (κ3) is 5.54. The first-order valence-corrected chi connectivity index (χ1v) is 11.1. The topological polar surface area (TPSA) is 59.8 Å². The highest BCUT2D eigenvalue weighted by atomic mass is 19.1. The average molecular weight is 440 g/mol. The molecule has 6 nitrogen and oxygen atoms in total. The maximum absolute atomic E-state index is 13.4. The largest absolute Gasteiger partial charge is 0.439 e. The number of halogens is 1. The third-order valence-corrected chi connectivity index (χ3v) is 5.55. The second-order valence-electron chi connectivity index (χ2n) is 8.15. The maximum Gasteiger partial charge on any atom is 0.227 e. The number of para-hydroxylation sites is 1. The van der Waals surface area contributed by atoms with Crippen LogP contribution < -0.4 is 4.74 Å². The van der Waals surface area contributed by atoms with Crippen LogP contribution in [0, 0.1) is 12.7 Å². The van der Waals surface area contributed by atoms with Crippen LogP contribution in [0.1, 0.15) is 31.0 Å². The minimum Gasteiger partial charge on any atom is -0.439 e. The van der Waals surface area contributed by atoms with Crippen molar-refractivity contribution in [3.8, 4) is 17.3 Å². The molecule has 0 spiro atoms. The van der Waals surface area contributed by atoms with Gasteiger partial charge in [0.2, 0.25) is 5.88 Å². The summed E-state index contributed by atoms with van der Waals surface area (Å²) in [6.07, 6.45) is 1.67. The number of aromatic nitrogens is 2. The predicted octanol–water partition coefficient (Wildman–Crippen LogP) is 4.47. The zero-order chi connectivity index (χ0) is 22.5. The molecule has 4 rings (SSSR count). The molecule has 7 heteroatoms. The van der Waals surface area contributed by atoms with E-state index in [2.05, 4.69) is 4.90 Å². The van der Waals surface area contributed by atoms with Gasteiger partial charge in [-0.15, -0.1) is 0 Å². The Bertz CT molecular complexity index is 1000. The Labute approximate surface area is 188 Å². The average Bonchev–Trinajstić information content (AvgIpc) is 3.60.